The first-order valence-corrected chi connectivity index (χ1v) is 6.84. The number of halogens is 1. The molecule has 0 amide bonds. The molecule has 0 radical (unpaired) electrons. The zero-order chi connectivity index (χ0) is 11.8. The van der Waals surface area contributed by atoms with E-state index in [-0.39, 0.29) is 0 Å². The fraction of sp³-hybridized carbons (Fsp3) is 0.357. The van der Waals surface area contributed by atoms with E-state index in [1.165, 1.54) is 18.2 Å². The van der Waals surface area contributed by atoms with Crippen molar-refractivity contribution in [2.24, 2.45) is 5.92 Å². The first-order chi connectivity index (χ1) is 8.24. The van der Waals surface area contributed by atoms with Gasteiger partial charge in [-0.1, -0.05) is 12.1 Å². The number of benzene rings is 1. The fourth-order valence-electron chi connectivity index (χ4n) is 2.21. The highest BCUT2D eigenvalue weighted by Gasteiger charge is 2.28. The van der Waals surface area contributed by atoms with Crippen LogP contribution in [0.2, 0.25) is 0 Å². The molecular formula is C14H15BrN2. The Labute approximate surface area is 110 Å². The molecule has 1 unspecified atom stereocenters. The first kappa shape index (κ1) is 11.0. The molecule has 3 rings (SSSR count). The Morgan fingerprint density at radius 1 is 1.41 bits per heavy atom. The summed E-state index contributed by atoms with van der Waals surface area (Å²) in [4.78, 5) is 4.50. The second kappa shape index (κ2) is 4.30. The van der Waals surface area contributed by atoms with Gasteiger partial charge in [0.15, 0.2) is 0 Å². The van der Waals surface area contributed by atoms with E-state index in [1.54, 1.807) is 0 Å². The molecule has 1 aromatic carbocycles. The predicted octanol–water partition coefficient (Wildman–Crippen LogP) is 4.21. The van der Waals surface area contributed by atoms with E-state index in [9.17, 15) is 0 Å². The minimum Gasteiger partial charge on any atom is -0.381 e. The van der Waals surface area contributed by atoms with E-state index in [4.69, 9.17) is 0 Å². The third-order valence-corrected chi connectivity index (χ3v) is 3.82. The Kier molecular flexibility index (Phi) is 2.79. The molecule has 1 atom stereocenters. The number of para-hydroxylation sites is 1. The lowest BCUT2D eigenvalue weighted by molar-refractivity contribution is 0.695. The largest absolute Gasteiger partial charge is 0.381 e. The molecule has 1 aliphatic rings. The Bertz CT molecular complexity index is 549. The highest BCUT2D eigenvalue weighted by Crippen LogP contribution is 2.35. The minimum absolute atomic E-state index is 0.547. The van der Waals surface area contributed by atoms with Gasteiger partial charge in [0.1, 0.15) is 0 Å². The van der Waals surface area contributed by atoms with Crippen molar-refractivity contribution in [1.29, 1.82) is 0 Å². The molecule has 1 aliphatic carbocycles. The van der Waals surface area contributed by atoms with E-state index in [0.717, 1.165) is 21.6 Å². The predicted molar refractivity (Wildman–Crippen MR) is 75.3 cm³/mol. The van der Waals surface area contributed by atoms with Gasteiger partial charge in [-0.25, -0.2) is 0 Å². The van der Waals surface area contributed by atoms with Crippen LogP contribution >= 0.6 is 15.9 Å². The first-order valence-electron chi connectivity index (χ1n) is 6.05. The molecule has 88 valence electrons. The average Bonchev–Trinajstić information content (AvgIpc) is 3.12. The van der Waals surface area contributed by atoms with E-state index < -0.39 is 0 Å². The fourth-order valence-corrected chi connectivity index (χ4v) is 2.56. The maximum atomic E-state index is 4.50. The van der Waals surface area contributed by atoms with Crippen molar-refractivity contribution in [3.8, 4) is 0 Å². The topological polar surface area (TPSA) is 24.9 Å². The number of pyridine rings is 1. The zero-order valence-electron chi connectivity index (χ0n) is 9.78. The van der Waals surface area contributed by atoms with Crippen LogP contribution in [0.3, 0.4) is 0 Å². The Hall–Kier alpha value is -1.09. The molecule has 1 heterocycles. The quantitative estimate of drug-likeness (QED) is 0.916. The summed E-state index contributed by atoms with van der Waals surface area (Å²) in [7, 11) is 0. The van der Waals surface area contributed by atoms with Crippen molar-refractivity contribution in [1.82, 2.24) is 4.98 Å². The van der Waals surface area contributed by atoms with Gasteiger partial charge in [0.05, 0.1) is 11.2 Å². The van der Waals surface area contributed by atoms with Gasteiger partial charge in [0, 0.05) is 22.1 Å². The second-order valence-corrected chi connectivity index (χ2v) is 5.72. The maximum Gasteiger partial charge on any atom is 0.0934 e. The third-order valence-electron chi connectivity index (χ3n) is 3.39. The number of hydrogen-bond acceptors (Lipinski definition) is 2. The van der Waals surface area contributed by atoms with Crippen molar-refractivity contribution < 1.29 is 0 Å². The number of hydrogen-bond donors (Lipinski definition) is 1. The van der Waals surface area contributed by atoms with Gasteiger partial charge >= 0.3 is 0 Å². The van der Waals surface area contributed by atoms with Gasteiger partial charge in [0.2, 0.25) is 0 Å². The van der Waals surface area contributed by atoms with E-state index in [1.807, 2.05) is 6.20 Å². The van der Waals surface area contributed by atoms with Gasteiger partial charge < -0.3 is 5.32 Å². The summed E-state index contributed by atoms with van der Waals surface area (Å²) in [6, 6.07) is 8.95. The van der Waals surface area contributed by atoms with Crippen molar-refractivity contribution in [3.63, 3.8) is 0 Å². The Morgan fingerprint density at radius 3 is 3.00 bits per heavy atom. The van der Waals surface area contributed by atoms with Crippen LogP contribution in [-0.2, 0) is 0 Å². The normalized spacial score (nSPS) is 17.1. The van der Waals surface area contributed by atoms with Crippen molar-refractivity contribution in [3.05, 3.63) is 34.9 Å². The third kappa shape index (κ3) is 2.29. The maximum absolute atomic E-state index is 4.50. The number of fused-ring (bicyclic) bond motifs is 1. The minimum atomic E-state index is 0.547. The summed E-state index contributed by atoms with van der Waals surface area (Å²) in [5.41, 5.74) is 2.21. The summed E-state index contributed by atoms with van der Waals surface area (Å²) in [5.74, 6) is 0.848. The highest BCUT2D eigenvalue weighted by molar-refractivity contribution is 9.10. The van der Waals surface area contributed by atoms with Crippen LogP contribution in [0.15, 0.2) is 34.9 Å². The van der Waals surface area contributed by atoms with Crippen LogP contribution in [0, 0.1) is 5.92 Å². The van der Waals surface area contributed by atoms with Crippen molar-refractivity contribution >= 4 is 32.5 Å². The molecule has 1 fully saturated rings. The van der Waals surface area contributed by atoms with Gasteiger partial charge in [-0.2, -0.15) is 0 Å². The van der Waals surface area contributed by atoms with Crippen LogP contribution in [0.25, 0.3) is 10.9 Å². The van der Waals surface area contributed by atoms with Crippen molar-refractivity contribution in [2.75, 3.05) is 5.32 Å². The number of nitrogens with one attached hydrogen (secondary N) is 1. The molecule has 0 spiro atoms. The summed E-state index contributed by atoms with van der Waals surface area (Å²) >= 11 is 3.46. The number of rotatable bonds is 3. The molecule has 1 saturated carbocycles. The number of nitrogens with zero attached hydrogens (tertiary/aromatic N) is 1. The van der Waals surface area contributed by atoms with Gasteiger partial charge in [-0.3, -0.25) is 4.98 Å². The summed E-state index contributed by atoms with van der Waals surface area (Å²) in [6.07, 6.45) is 4.57. The molecule has 1 aromatic heterocycles. The molecule has 2 nitrogen and oxygen atoms in total. The van der Waals surface area contributed by atoms with Gasteiger partial charge in [0.25, 0.3) is 0 Å². The lowest BCUT2D eigenvalue weighted by atomic mass is 10.1. The molecular weight excluding hydrogens is 276 g/mol. The molecule has 1 N–H and O–H groups in total. The Balaban J connectivity index is 1.97. The lowest BCUT2D eigenvalue weighted by Gasteiger charge is -2.15. The molecule has 0 saturated heterocycles. The molecule has 3 heteroatoms. The van der Waals surface area contributed by atoms with Gasteiger partial charge in [-0.15, -0.1) is 0 Å². The molecule has 2 aromatic rings. The number of anilines is 1. The second-order valence-electron chi connectivity index (χ2n) is 4.80. The monoisotopic (exact) mass is 290 g/mol. The smallest absolute Gasteiger partial charge is 0.0934 e. The van der Waals surface area contributed by atoms with E-state index >= 15 is 0 Å². The molecule has 0 aliphatic heterocycles. The lowest BCUT2D eigenvalue weighted by Crippen LogP contribution is -2.17. The van der Waals surface area contributed by atoms with Crippen LogP contribution in [0.5, 0.6) is 0 Å². The van der Waals surface area contributed by atoms with E-state index in [2.05, 4.69) is 57.4 Å². The number of aromatic nitrogens is 1. The summed E-state index contributed by atoms with van der Waals surface area (Å²) < 4.78 is 1.03. The Morgan fingerprint density at radius 2 is 2.24 bits per heavy atom. The average molecular weight is 291 g/mol. The SMILES string of the molecule is CC(Nc1cccc2cc(Br)cnc12)C1CC1. The standard InChI is InChI=1S/C14H15BrN2/c1-9(10-5-6-10)17-13-4-2-3-11-7-12(15)8-16-14(11)13/h2-4,7-10,17H,5-6H2,1H3. The van der Waals surface area contributed by atoms with Crippen LogP contribution in [0.1, 0.15) is 19.8 Å². The van der Waals surface area contributed by atoms with Crippen LogP contribution in [0.4, 0.5) is 5.69 Å². The van der Waals surface area contributed by atoms with Crippen molar-refractivity contribution in [2.45, 2.75) is 25.8 Å². The zero-order valence-corrected chi connectivity index (χ0v) is 11.4. The van der Waals surface area contributed by atoms with Gasteiger partial charge in [-0.05, 0) is 53.7 Å². The highest BCUT2D eigenvalue weighted by atomic mass is 79.9. The molecule has 0 bridgehead atoms. The van der Waals surface area contributed by atoms with Crippen LogP contribution < -0.4 is 5.32 Å². The summed E-state index contributed by atoms with van der Waals surface area (Å²) in [5, 5.41) is 4.76. The molecule has 17 heavy (non-hydrogen) atoms. The van der Waals surface area contributed by atoms with Crippen LogP contribution in [-0.4, -0.2) is 11.0 Å². The van der Waals surface area contributed by atoms with E-state index in [0.29, 0.717) is 6.04 Å². The summed E-state index contributed by atoms with van der Waals surface area (Å²) in [6.45, 7) is 2.26.